The van der Waals surface area contributed by atoms with E-state index in [9.17, 15) is 0 Å². The quantitative estimate of drug-likeness (QED) is 0.649. The second kappa shape index (κ2) is 6.06. The van der Waals surface area contributed by atoms with E-state index in [0.29, 0.717) is 0 Å². The summed E-state index contributed by atoms with van der Waals surface area (Å²) in [7, 11) is 0. The number of benzene rings is 1. The van der Waals surface area contributed by atoms with Gasteiger partial charge in [-0.3, -0.25) is 0 Å². The van der Waals surface area contributed by atoms with Gasteiger partial charge in [0.2, 0.25) is 0 Å². The van der Waals surface area contributed by atoms with E-state index in [4.69, 9.17) is 5.11 Å². The molecule has 0 fully saturated rings. The maximum absolute atomic E-state index is 8.85. The number of hydrogen-bond donors (Lipinski definition) is 1. The summed E-state index contributed by atoms with van der Waals surface area (Å²) in [4.78, 5) is 0. The van der Waals surface area contributed by atoms with Crippen molar-refractivity contribution in [3.8, 4) is 0 Å². The zero-order valence-corrected chi connectivity index (χ0v) is 8.25. The van der Waals surface area contributed by atoms with E-state index in [1.165, 1.54) is 0 Å². The second-order valence-corrected chi connectivity index (χ2v) is 2.33. The highest BCUT2D eigenvalue weighted by Gasteiger charge is 1.81. The third-order valence-electron chi connectivity index (χ3n) is 1.38. The lowest BCUT2D eigenvalue weighted by Crippen LogP contribution is -2.21. The Kier molecular flexibility index (Phi) is 5.37. The Morgan fingerprint density at radius 1 is 1.31 bits per heavy atom. The highest BCUT2D eigenvalue weighted by atomic mass is 16.3. The first kappa shape index (κ1) is 11.5. The first-order chi connectivity index (χ1) is 6.20. The fourth-order valence-electron chi connectivity index (χ4n) is 0.855. The normalized spacial score (nSPS) is 10.2. The summed E-state index contributed by atoms with van der Waals surface area (Å²) in [6, 6.07) is 7.56. The van der Waals surface area contributed by atoms with Crippen LogP contribution in [0.2, 0.25) is 0 Å². The molecule has 70 valence electrons. The molecule has 0 aliphatic rings. The molecular weight excluding hydrogens is 160 g/mol. The van der Waals surface area contributed by atoms with E-state index in [0.717, 1.165) is 10.4 Å². The van der Waals surface area contributed by atoms with Crippen LogP contribution in [0.5, 0.6) is 0 Å². The van der Waals surface area contributed by atoms with Crippen LogP contribution in [0.1, 0.15) is 13.8 Å². The summed E-state index contributed by atoms with van der Waals surface area (Å²) in [5.74, 6) is 0.0566. The van der Waals surface area contributed by atoms with E-state index in [1.807, 2.05) is 38.1 Å². The van der Waals surface area contributed by atoms with E-state index in [-0.39, 0.29) is 5.76 Å². The molecule has 1 N–H and O–H groups in total. The Labute approximate surface area is 79.4 Å². The largest absolute Gasteiger partial charge is 0.509 e. The van der Waals surface area contributed by atoms with E-state index >= 15 is 0 Å². The molecule has 0 saturated carbocycles. The first-order valence-corrected chi connectivity index (χ1v) is 4.34. The van der Waals surface area contributed by atoms with Crippen LogP contribution in [0, 0.1) is 0 Å². The molecule has 0 aliphatic heterocycles. The van der Waals surface area contributed by atoms with Crippen molar-refractivity contribution in [1.82, 2.24) is 0 Å². The van der Waals surface area contributed by atoms with Crippen LogP contribution >= 0.6 is 0 Å². The monoisotopic (exact) mass is 176 g/mol. The third-order valence-corrected chi connectivity index (χ3v) is 1.38. The molecule has 1 rings (SSSR count). The molecule has 0 bridgehead atoms. The van der Waals surface area contributed by atoms with Crippen molar-refractivity contribution in [3.05, 3.63) is 47.0 Å². The molecule has 1 aromatic carbocycles. The lowest BCUT2D eigenvalue weighted by Gasteiger charge is -1.87. The van der Waals surface area contributed by atoms with Gasteiger partial charge >= 0.3 is 0 Å². The van der Waals surface area contributed by atoms with Crippen molar-refractivity contribution < 1.29 is 5.11 Å². The number of hydrogen-bond acceptors (Lipinski definition) is 1. The molecule has 0 amide bonds. The third kappa shape index (κ3) is 4.16. The summed E-state index contributed by atoms with van der Waals surface area (Å²) in [6.07, 6.45) is 1.59. The Hall–Kier alpha value is -1.50. The van der Waals surface area contributed by atoms with Gasteiger partial charge in [-0.25, -0.2) is 0 Å². The maximum atomic E-state index is 8.85. The van der Waals surface area contributed by atoms with Gasteiger partial charge in [-0.1, -0.05) is 51.3 Å². The Morgan fingerprint density at radius 2 is 1.85 bits per heavy atom. The molecular formula is C12H16O. The molecule has 1 nitrogen and oxygen atoms in total. The predicted molar refractivity (Wildman–Crippen MR) is 58.8 cm³/mol. The molecule has 1 heteroatoms. The average Bonchev–Trinajstić information content (AvgIpc) is 2.12. The molecule has 13 heavy (non-hydrogen) atoms. The minimum absolute atomic E-state index is 0.0566. The van der Waals surface area contributed by atoms with E-state index in [2.05, 4.69) is 13.2 Å². The van der Waals surface area contributed by atoms with Crippen molar-refractivity contribution >= 4 is 12.7 Å². The summed E-state index contributed by atoms with van der Waals surface area (Å²) in [5.41, 5.74) is 0. The molecule has 0 radical (unpaired) electrons. The number of aliphatic hydroxyl groups excluding tert-OH is 1. The van der Waals surface area contributed by atoms with Crippen LogP contribution in [-0.2, 0) is 0 Å². The Balaban J connectivity index is 0.000000671. The Morgan fingerprint density at radius 3 is 2.31 bits per heavy atom. The van der Waals surface area contributed by atoms with Gasteiger partial charge in [-0.15, -0.1) is 0 Å². The minimum Gasteiger partial charge on any atom is -0.509 e. The van der Waals surface area contributed by atoms with Gasteiger partial charge in [0.1, 0.15) is 5.76 Å². The van der Waals surface area contributed by atoms with Crippen molar-refractivity contribution in [2.45, 2.75) is 13.8 Å². The van der Waals surface area contributed by atoms with Crippen LogP contribution in [-0.4, -0.2) is 5.11 Å². The standard InChI is InChI=1S/C10H10O.C2H6/c1-8-5-3-4-6-10(8)7-9(2)11;1-2/h3-7,11H,1-2H2;1-2H3/b10-7-;. The number of allylic oxidation sites excluding steroid dienone is 1. The van der Waals surface area contributed by atoms with Gasteiger partial charge in [0.05, 0.1) is 0 Å². The minimum atomic E-state index is 0.0566. The zero-order chi connectivity index (χ0) is 10.3. The fourth-order valence-corrected chi connectivity index (χ4v) is 0.855. The Bertz CT molecular complexity index is 363. The topological polar surface area (TPSA) is 20.2 Å². The number of aliphatic hydroxyl groups is 1. The summed E-state index contributed by atoms with van der Waals surface area (Å²) >= 11 is 0. The molecule has 0 saturated heterocycles. The highest BCUT2D eigenvalue weighted by molar-refractivity contribution is 5.40. The molecule has 0 atom stereocenters. The summed E-state index contributed by atoms with van der Waals surface area (Å²) < 4.78 is 0. The van der Waals surface area contributed by atoms with Gasteiger partial charge < -0.3 is 5.11 Å². The lowest BCUT2D eigenvalue weighted by atomic mass is 10.2. The SMILES string of the molecule is C=C(O)/C=c1/ccccc1=C.CC. The lowest BCUT2D eigenvalue weighted by molar-refractivity contribution is 0.444. The molecule has 0 aromatic heterocycles. The van der Waals surface area contributed by atoms with Crippen molar-refractivity contribution in [1.29, 1.82) is 0 Å². The molecule has 1 aromatic rings. The van der Waals surface area contributed by atoms with Crippen molar-refractivity contribution in [3.63, 3.8) is 0 Å². The van der Waals surface area contributed by atoms with Gasteiger partial charge in [0, 0.05) is 0 Å². The van der Waals surface area contributed by atoms with Crippen LogP contribution in [0.4, 0.5) is 0 Å². The van der Waals surface area contributed by atoms with E-state index < -0.39 is 0 Å². The van der Waals surface area contributed by atoms with Crippen LogP contribution in [0.25, 0.3) is 12.7 Å². The maximum Gasteiger partial charge on any atom is 0.109 e. The fraction of sp³-hybridized carbons (Fsp3) is 0.167. The second-order valence-electron chi connectivity index (χ2n) is 2.33. The molecule has 0 heterocycles. The summed E-state index contributed by atoms with van der Waals surface area (Å²) in [6.45, 7) is 11.2. The van der Waals surface area contributed by atoms with Crippen LogP contribution < -0.4 is 10.4 Å². The smallest absolute Gasteiger partial charge is 0.109 e. The van der Waals surface area contributed by atoms with Gasteiger partial charge in [-0.2, -0.15) is 0 Å². The summed E-state index contributed by atoms with van der Waals surface area (Å²) in [5, 5.41) is 10.6. The predicted octanol–water partition coefficient (Wildman–Crippen LogP) is 1.98. The molecule has 0 spiro atoms. The molecule has 0 unspecified atom stereocenters. The zero-order valence-electron chi connectivity index (χ0n) is 8.25. The van der Waals surface area contributed by atoms with Crippen LogP contribution in [0.3, 0.4) is 0 Å². The van der Waals surface area contributed by atoms with Crippen molar-refractivity contribution in [2.24, 2.45) is 0 Å². The highest BCUT2D eigenvalue weighted by Crippen LogP contribution is 1.80. The van der Waals surface area contributed by atoms with E-state index in [1.54, 1.807) is 6.08 Å². The average molecular weight is 176 g/mol. The van der Waals surface area contributed by atoms with Gasteiger partial charge in [0.25, 0.3) is 0 Å². The van der Waals surface area contributed by atoms with Gasteiger partial charge in [0.15, 0.2) is 0 Å². The van der Waals surface area contributed by atoms with Gasteiger partial charge in [-0.05, 0) is 16.5 Å². The first-order valence-electron chi connectivity index (χ1n) is 4.34. The molecule has 0 aliphatic carbocycles. The number of rotatable bonds is 1. The van der Waals surface area contributed by atoms with Crippen molar-refractivity contribution in [2.75, 3.05) is 0 Å². The van der Waals surface area contributed by atoms with Crippen LogP contribution in [0.15, 0.2) is 36.6 Å².